The highest BCUT2D eigenvalue weighted by atomic mass is 16.6. The minimum atomic E-state index is -0.436. The molecule has 2 N–H and O–H groups in total. The first-order chi connectivity index (χ1) is 6.24. The molecular formula is C9H19NO3. The summed E-state index contributed by atoms with van der Waals surface area (Å²) in [5.41, 5.74) is 0. The molecule has 1 unspecified atom stereocenters. The van der Waals surface area contributed by atoms with Crippen molar-refractivity contribution in [2.45, 2.75) is 39.2 Å². The molecule has 4 nitrogen and oxygen atoms in total. The number of amides is 1. The molecule has 0 bridgehead atoms. The van der Waals surface area contributed by atoms with E-state index in [1.54, 1.807) is 0 Å². The van der Waals surface area contributed by atoms with Gasteiger partial charge >= 0.3 is 6.09 Å². The van der Waals surface area contributed by atoms with Crippen LogP contribution < -0.4 is 5.32 Å². The van der Waals surface area contributed by atoms with Crippen LogP contribution in [0.5, 0.6) is 0 Å². The van der Waals surface area contributed by atoms with Crippen LogP contribution in [0.3, 0.4) is 0 Å². The molecular weight excluding hydrogens is 170 g/mol. The van der Waals surface area contributed by atoms with Crippen molar-refractivity contribution >= 4 is 6.09 Å². The van der Waals surface area contributed by atoms with E-state index in [4.69, 9.17) is 5.11 Å². The molecule has 13 heavy (non-hydrogen) atoms. The van der Waals surface area contributed by atoms with E-state index in [-0.39, 0.29) is 19.3 Å². The lowest BCUT2D eigenvalue weighted by atomic mass is 10.1. The third kappa shape index (κ3) is 6.40. The molecule has 0 aliphatic rings. The van der Waals surface area contributed by atoms with Crippen molar-refractivity contribution in [3.05, 3.63) is 0 Å². The van der Waals surface area contributed by atoms with Crippen LogP contribution in [0.4, 0.5) is 4.79 Å². The minimum absolute atomic E-state index is 0.0639. The largest absolute Gasteiger partial charge is 0.447 e. The molecule has 0 saturated heterocycles. The number of hydrogen-bond donors (Lipinski definition) is 2. The van der Waals surface area contributed by atoms with Crippen molar-refractivity contribution in [2.24, 2.45) is 0 Å². The Morgan fingerprint density at radius 3 is 2.69 bits per heavy atom. The van der Waals surface area contributed by atoms with E-state index in [0.717, 1.165) is 19.3 Å². The van der Waals surface area contributed by atoms with Gasteiger partial charge in [-0.25, -0.2) is 4.79 Å². The van der Waals surface area contributed by atoms with Gasteiger partial charge in [0.2, 0.25) is 0 Å². The molecule has 0 saturated carbocycles. The molecule has 0 fully saturated rings. The van der Waals surface area contributed by atoms with E-state index in [9.17, 15) is 4.79 Å². The van der Waals surface area contributed by atoms with Crippen LogP contribution in [0, 0.1) is 0 Å². The molecule has 0 radical (unpaired) electrons. The van der Waals surface area contributed by atoms with Gasteiger partial charge in [0, 0.05) is 6.04 Å². The molecule has 0 aromatic rings. The van der Waals surface area contributed by atoms with Gasteiger partial charge in [0.25, 0.3) is 0 Å². The Kier molecular flexibility index (Phi) is 7.39. The van der Waals surface area contributed by atoms with E-state index in [2.05, 4.69) is 17.0 Å². The van der Waals surface area contributed by atoms with Crippen molar-refractivity contribution in [1.82, 2.24) is 5.32 Å². The summed E-state index contributed by atoms with van der Waals surface area (Å²) in [7, 11) is 0. The van der Waals surface area contributed by atoms with Gasteiger partial charge in [0.05, 0.1) is 6.61 Å². The molecule has 0 aliphatic heterocycles. The number of ether oxygens (including phenoxy) is 1. The van der Waals surface area contributed by atoms with Crippen LogP contribution in [-0.2, 0) is 4.74 Å². The molecule has 78 valence electrons. The molecule has 0 aliphatic carbocycles. The summed E-state index contributed by atoms with van der Waals surface area (Å²) < 4.78 is 4.67. The second-order valence-electron chi connectivity index (χ2n) is 2.90. The van der Waals surface area contributed by atoms with E-state index in [0.29, 0.717) is 0 Å². The molecule has 0 spiro atoms. The number of carbonyl (C=O) groups excluding carboxylic acids is 1. The Bertz CT molecular complexity index is 139. The van der Waals surface area contributed by atoms with E-state index in [1.165, 1.54) is 0 Å². The fourth-order valence-corrected chi connectivity index (χ4v) is 1.07. The lowest BCUT2D eigenvalue weighted by Crippen LogP contribution is -2.35. The highest BCUT2D eigenvalue weighted by Crippen LogP contribution is 2.00. The van der Waals surface area contributed by atoms with E-state index in [1.807, 2.05) is 6.92 Å². The summed E-state index contributed by atoms with van der Waals surface area (Å²) in [5.74, 6) is 0. The zero-order valence-corrected chi connectivity index (χ0v) is 8.38. The first-order valence-electron chi connectivity index (χ1n) is 4.78. The van der Waals surface area contributed by atoms with Crippen LogP contribution >= 0.6 is 0 Å². The summed E-state index contributed by atoms with van der Waals surface area (Å²) in [4.78, 5) is 11.0. The third-order valence-corrected chi connectivity index (χ3v) is 1.78. The predicted molar refractivity (Wildman–Crippen MR) is 50.6 cm³/mol. The number of nitrogens with one attached hydrogen (secondary N) is 1. The molecule has 0 rings (SSSR count). The Balaban J connectivity index is 3.60. The van der Waals surface area contributed by atoms with Crippen molar-refractivity contribution in [2.75, 3.05) is 13.2 Å². The molecule has 0 aromatic heterocycles. The fourth-order valence-electron chi connectivity index (χ4n) is 1.07. The standard InChI is InChI=1S/C9H19NO3/c1-3-5-8(4-2)10-9(12)13-7-6-11/h8,11H,3-7H2,1-2H3,(H,10,12). The molecule has 4 heteroatoms. The van der Waals surface area contributed by atoms with E-state index < -0.39 is 6.09 Å². The lowest BCUT2D eigenvalue weighted by molar-refractivity contribution is 0.115. The van der Waals surface area contributed by atoms with Crippen LogP contribution in [-0.4, -0.2) is 30.5 Å². The zero-order chi connectivity index (χ0) is 10.1. The van der Waals surface area contributed by atoms with Crippen LogP contribution in [0.15, 0.2) is 0 Å². The van der Waals surface area contributed by atoms with Gasteiger partial charge in [-0.05, 0) is 12.8 Å². The Morgan fingerprint density at radius 2 is 2.23 bits per heavy atom. The summed E-state index contributed by atoms with van der Waals surface area (Å²) >= 11 is 0. The predicted octanol–water partition coefficient (Wildman–Crippen LogP) is 1.28. The summed E-state index contributed by atoms with van der Waals surface area (Å²) in [5, 5.41) is 11.1. The molecule has 1 amide bonds. The molecule has 1 atom stereocenters. The van der Waals surface area contributed by atoms with Gasteiger partial charge in [-0.15, -0.1) is 0 Å². The fraction of sp³-hybridized carbons (Fsp3) is 0.889. The Morgan fingerprint density at radius 1 is 1.54 bits per heavy atom. The first-order valence-corrected chi connectivity index (χ1v) is 4.78. The highest BCUT2D eigenvalue weighted by Gasteiger charge is 2.09. The Labute approximate surface area is 79.3 Å². The lowest BCUT2D eigenvalue weighted by Gasteiger charge is -2.15. The monoisotopic (exact) mass is 189 g/mol. The van der Waals surface area contributed by atoms with Gasteiger partial charge in [0.15, 0.2) is 0 Å². The second-order valence-corrected chi connectivity index (χ2v) is 2.90. The van der Waals surface area contributed by atoms with Crippen LogP contribution in [0.25, 0.3) is 0 Å². The second kappa shape index (κ2) is 7.86. The minimum Gasteiger partial charge on any atom is -0.447 e. The smallest absolute Gasteiger partial charge is 0.407 e. The Hall–Kier alpha value is -0.770. The average Bonchev–Trinajstić information content (AvgIpc) is 2.14. The maximum atomic E-state index is 11.0. The summed E-state index contributed by atoms with van der Waals surface area (Å²) in [6.45, 7) is 4.03. The van der Waals surface area contributed by atoms with Gasteiger partial charge in [-0.3, -0.25) is 0 Å². The number of aliphatic hydroxyl groups is 1. The quantitative estimate of drug-likeness (QED) is 0.661. The molecule has 0 aromatic carbocycles. The van der Waals surface area contributed by atoms with Crippen molar-refractivity contribution in [1.29, 1.82) is 0 Å². The normalized spacial score (nSPS) is 12.2. The van der Waals surface area contributed by atoms with Crippen molar-refractivity contribution in [3.63, 3.8) is 0 Å². The number of aliphatic hydroxyl groups excluding tert-OH is 1. The van der Waals surface area contributed by atoms with Crippen LogP contribution in [0.2, 0.25) is 0 Å². The summed E-state index contributed by atoms with van der Waals surface area (Å²) in [6, 6.07) is 0.191. The number of carbonyl (C=O) groups is 1. The van der Waals surface area contributed by atoms with Crippen LogP contribution in [0.1, 0.15) is 33.1 Å². The average molecular weight is 189 g/mol. The SMILES string of the molecule is CCCC(CC)NC(=O)OCCO. The molecule has 0 heterocycles. The first kappa shape index (κ1) is 12.2. The van der Waals surface area contributed by atoms with Gasteiger partial charge in [-0.1, -0.05) is 20.3 Å². The van der Waals surface area contributed by atoms with Crippen molar-refractivity contribution < 1.29 is 14.6 Å². The zero-order valence-electron chi connectivity index (χ0n) is 8.38. The van der Waals surface area contributed by atoms with Gasteiger partial charge in [0.1, 0.15) is 6.61 Å². The van der Waals surface area contributed by atoms with Crippen molar-refractivity contribution in [3.8, 4) is 0 Å². The van der Waals surface area contributed by atoms with Gasteiger partial charge < -0.3 is 15.2 Å². The summed E-state index contributed by atoms with van der Waals surface area (Å²) in [6.07, 6.45) is 2.47. The number of rotatable bonds is 6. The third-order valence-electron chi connectivity index (χ3n) is 1.78. The number of alkyl carbamates (subject to hydrolysis) is 1. The van der Waals surface area contributed by atoms with E-state index >= 15 is 0 Å². The van der Waals surface area contributed by atoms with Gasteiger partial charge in [-0.2, -0.15) is 0 Å². The maximum Gasteiger partial charge on any atom is 0.407 e. The highest BCUT2D eigenvalue weighted by molar-refractivity contribution is 5.67. The topological polar surface area (TPSA) is 58.6 Å². The number of hydrogen-bond acceptors (Lipinski definition) is 3. The maximum absolute atomic E-state index is 11.0.